The zero-order chi connectivity index (χ0) is 19.8. The first-order valence-electron chi connectivity index (χ1n) is 10.5. The number of piperidine rings is 1. The van der Waals surface area contributed by atoms with Gasteiger partial charge in [-0.25, -0.2) is 0 Å². The van der Waals surface area contributed by atoms with Gasteiger partial charge in [0.15, 0.2) is 0 Å². The van der Waals surface area contributed by atoms with E-state index in [4.69, 9.17) is 9.47 Å². The molecule has 4 heteroatoms. The van der Waals surface area contributed by atoms with Gasteiger partial charge in [0.05, 0.1) is 13.7 Å². The molecule has 0 amide bonds. The van der Waals surface area contributed by atoms with Crippen LogP contribution in [0, 0.1) is 0 Å². The fourth-order valence-corrected chi connectivity index (χ4v) is 3.97. The fourth-order valence-electron chi connectivity index (χ4n) is 3.97. The normalized spacial score (nSPS) is 17.1. The largest absolute Gasteiger partial charge is 0.496 e. The van der Waals surface area contributed by atoms with Gasteiger partial charge in [-0.05, 0) is 62.5 Å². The topological polar surface area (TPSA) is 41.9 Å². The van der Waals surface area contributed by atoms with Crippen LogP contribution in [0.3, 0.4) is 0 Å². The van der Waals surface area contributed by atoms with Crippen molar-refractivity contribution in [1.29, 1.82) is 0 Å². The summed E-state index contributed by atoms with van der Waals surface area (Å²) in [6, 6.07) is 15.6. The summed E-state index contributed by atoms with van der Waals surface area (Å²) in [6.45, 7) is 5.89. The van der Waals surface area contributed by atoms with Crippen LogP contribution in [-0.2, 0) is 5.60 Å². The number of benzene rings is 2. The smallest absolute Gasteiger partial charge is 0.125 e. The summed E-state index contributed by atoms with van der Waals surface area (Å²) in [5.41, 5.74) is 0.586. The lowest BCUT2D eigenvalue weighted by Crippen LogP contribution is -2.37. The van der Waals surface area contributed by atoms with Gasteiger partial charge in [0.25, 0.3) is 0 Å². The molecule has 0 bridgehead atoms. The molecule has 28 heavy (non-hydrogen) atoms. The molecule has 0 spiro atoms. The molecule has 4 nitrogen and oxygen atoms in total. The number of aliphatic hydroxyl groups is 1. The number of para-hydroxylation sites is 1. The highest BCUT2D eigenvalue weighted by atomic mass is 16.5. The SMILES string of the molecule is CCCOc1ccc([C@@](O)(CCN2CCCCC2)c2ccccc2OC)cc1. The molecule has 1 aliphatic heterocycles. The van der Waals surface area contributed by atoms with Crippen LogP contribution < -0.4 is 9.47 Å². The Hall–Kier alpha value is -2.04. The average molecular weight is 384 g/mol. The molecule has 0 radical (unpaired) electrons. The van der Waals surface area contributed by atoms with Crippen LogP contribution >= 0.6 is 0 Å². The van der Waals surface area contributed by atoms with E-state index in [0.717, 1.165) is 48.7 Å². The van der Waals surface area contributed by atoms with Gasteiger partial charge in [-0.15, -0.1) is 0 Å². The van der Waals surface area contributed by atoms with Crippen molar-refractivity contribution in [2.24, 2.45) is 0 Å². The van der Waals surface area contributed by atoms with E-state index < -0.39 is 5.60 Å². The van der Waals surface area contributed by atoms with Crippen molar-refractivity contribution < 1.29 is 14.6 Å². The van der Waals surface area contributed by atoms with Gasteiger partial charge >= 0.3 is 0 Å². The van der Waals surface area contributed by atoms with Crippen LogP contribution in [0.1, 0.15) is 50.2 Å². The first-order chi connectivity index (χ1) is 13.7. The minimum Gasteiger partial charge on any atom is -0.496 e. The number of ether oxygens (including phenoxy) is 2. The van der Waals surface area contributed by atoms with Crippen molar-refractivity contribution in [3.63, 3.8) is 0 Å². The standard InChI is InChI=1S/C24H33NO3/c1-3-19-28-21-13-11-20(12-14-21)24(26,15-18-25-16-7-4-8-17-25)22-9-5-6-10-23(22)27-2/h5-6,9-14,26H,3-4,7-8,15-19H2,1-2H3/t24-/m0/s1. The van der Waals surface area contributed by atoms with Crippen molar-refractivity contribution in [3.8, 4) is 11.5 Å². The number of rotatable bonds is 9. The molecular formula is C24H33NO3. The zero-order valence-corrected chi connectivity index (χ0v) is 17.2. The fraction of sp³-hybridized carbons (Fsp3) is 0.500. The second-order valence-electron chi connectivity index (χ2n) is 7.59. The van der Waals surface area contributed by atoms with Crippen molar-refractivity contribution >= 4 is 0 Å². The Morgan fingerprint density at radius 2 is 1.71 bits per heavy atom. The van der Waals surface area contributed by atoms with Gasteiger partial charge < -0.3 is 19.5 Å². The lowest BCUT2D eigenvalue weighted by Gasteiger charge is -2.34. The predicted molar refractivity (Wildman–Crippen MR) is 113 cm³/mol. The van der Waals surface area contributed by atoms with E-state index in [1.54, 1.807) is 7.11 Å². The predicted octanol–water partition coefficient (Wildman–Crippen LogP) is 4.60. The summed E-state index contributed by atoms with van der Waals surface area (Å²) in [7, 11) is 1.66. The van der Waals surface area contributed by atoms with Gasteiger partial charge in [0.1, 0.15) is 17.1 Å². The first kappa shape index (κ1) is 20.7. The van der Waals surface area contributed by atoms with E-state index >= 15 is 0 Å². The third kappa shape index (κ3) is 4.86. The summed E-state index contributed by atoms with van der Waals surface area (Å²) >= 11 is 0. The van der Waals surface area contributed by atoms with Crippen LogP contribution in [-0.4, -0.2) is 43.4 Å². The molecular weight excluding hydrogens is 350 g/mol. The third-order valence-corrected chi connectivity index (χ3v) is 5.60. The molecule has 1 aliphatic rings. The molecule has 0 aromatic heterocycles. The van der Waals surface area contributed by atoms with Gasteiger partial charge in [-0.2, -0.15) is 0 Å². The second kappa shape index (κ2) is 9.94. The molecule has 1 heterocycles. The minimum absolute atomic E-state index is 0.628. The van der Waals surface area contributed by atoms with Crippen LogP contribution in [0.2, 0.25) is 0 Å². The molecule has 1 saturated heterocycles. The van der Waals surface area contributed by atoms with Gasteiger partial charge in [0.2, 0.25) is 0 Å². The maximum Gasteiger partial charge on any atom is 0.125 e. The maximum atomic E-state index is 11.9. The Morgan fingerprint density at radius 1 is 1.00 bits per heavy atom. The van der Waals surface area contributed by atoms with Crippen molar-refractivity contribution in [1.82, 2.24) is 4.90 Å². The number of hydrogen-bond acceptors (Lipinski definition) is 4. The molecule has 1 atom stereocenters. The highest BCUT2D eigenvalue weighted by molar-refractivity contribution is 5.45. The van der Waals surface area contributed by atoms with Gasteiger partial charge in [-0.1, -0.05) is 43.7 Å². The molecule has 152 valence electrons. The molecule has 1 N–H and O–H groups in total. The van der Waals surface area contributed by atoms with E-state index in [0.29, 0.717) is 13.0 Å². The molecule has 2 aromatic rings. The second-order valence-corrected chi connectivity index (χ2v) is 7.59. The molecule has 2 aromatic carbocycles. The summed E-state index contributed by atoms with van der Waals surface area (Å²) in [6.07, 6.45) is 5.41. The molecule has 0 aliphatic carbocycles. The quantitative estimate of drug-likeness (QED) is 0.687. The summed E-state index contributed by atoms with van der Waals surface area (Å²) < 4.78 is 11.3. The molecule has 0 saturated carbocycles. The Labute approximate surface area is 169 Å². The van der Waals surface area contributed by atoms with Gasteiger partial charge in [-0.3, -0.25) is 0 Å². The van der Waals surface area contributed by atoms with Crippen LogP contribution in [0.4, 0.5) is 0 Å². The Balaban J connectivity index is 1.89. The Kier molecular flexibility index (Phi) is 7.35. The zero-order valence-electron chi connectivity index (χ0n) is 17.2. The number of hydrogen-bond donors (Lipinski definition) is 1. The van der Waals surface area contributed by atoms with Crippen LogP contribution in [0.5, 0.6) is 11.5 Å². The maximum absolute atomic E-state index is 11.9. The minimum atomic E-state index is -1.10. The third-order valence-electron chi connectivity index (χ3n) is 5.60. The summed E-state index contributed by atoms with van der Waals surface area (Å²) in [5.74, 6) is 1.55. The van der Waals surface area contributed by atoms with Gasteiger partial charge in [0, 0.05) is 12.1 Å². The van der Waals surface area contributed by atoms with E-state index in [1.165, 1.54) is 19.3 Å². The molecule has 0 unspecified atom stereocenters. The monoisotopic (exact) mass is 383 g/mol. The van der Waals surface area contributed by atoms with Crippen molar-refractivity contribution in [2.45, 2.75) is 44.6 Å². The Morgan fingerprint density at radius 3 is 2.39 bits per heavy atom. The number of nitrogens with zero attached hydrogens (tertiary/aromatic N) is 1. The summed E-state index contributed by atoms with van der Waals surface area (Å²) in [4.78, 5) is 2.46. The number of methoxy groups -OCH3 is 1. The number of likely N-dealkylation sites (tertiary alicyclic amines) is 1. The molecule has 3 rings (SSSR count). The van der Waals surface area contributed by atoms with E-state index in [2.05, 4.69) is 11.8 Å². The van der Waals surface area contributed by atoms with Crippen LogP contribution in [0.15, 0.2) is 48.5 Å². The first-order valence-corrected chi connectivity index (χ1v) is 10.5. The highest BCUT2D eigenvalue weighted by Crippen LogP contribution is 2.39. The van der Waals surface area contributed by atoms with E-state index in [9.17, 15) is 5.11 Å². The highest BCUT2D eigenvalue weighted by Gasteiger charge is 2.34. The van der Waals surface area contributed by atoms with E-state index in [1.807, 2.05) is 48.5 Å². The lowest BCUT2D eigenvalue weighted by molar-refractivity contribution is 0.0522. The van der Waals surface area contributed by atoms with Crippen LogP contribution in [0.25, 0.3) is 0 Å². The molecule has 1 fully saturated rings. The lowest BCUT2D eigenvalue weighted by atomic mass is 9.82. The summed E-state index contributed by atoms with van der Waals surface area (Å²) in [5, 5.41) is 11.9. The van der Waals surface area contributed by atoms with Crippen molar-refractivity contribution in [2.75, 3.05) is 33.4 Å². The average Bonchev–Trinajstić information content (AvgIpc) is 2.77. The Bertz CT molecular complexity index is 725. The van der Waals surface area contributed by atoms with Crippen molar-refractivity contribution in [3.05, 3.63) is 59.7 Å². The van der Waals surface area contributed by atoms with E-state index in [-0.39, 0.29) is 0 Å².